The maximum atomic E-state index is 12.9. The van der Waals surface area contributed by atoms with Gasteiger partial charge in [0.15, 0.2) is 5.76 Å². The van der Waals surface area contributed by atoms with E-state index in [1.54, 1.807) is 29.6 Å². The van der Waals surface area contributed by atoms with E-state index in [-0.39, 0.29) is 17.9 Å². The van der Waals surface area contributed by atoms with Crippen LogP contribution in [0.2, 0.25) is 0 Å². The van der Waals surface area contributed by atoms with Crippen LogP contribution in [0, 0.1) is 0 Å². The molecule has 0 aromatic carbocycles. The number of carbonyl (C=O) groups excluding carboxylic acids is 2. The number of hydrogen-bond acceptors (Lipinski definition) is 6. The molecule has 5 nitrogen and oxygen atoms in total. The Morgan fingerprint density at radius 1 is 1.16 bits per heavy atom. The van der Waals surface area contributed by atoms with Crippen LogP contribution in [0.25, 0.3) is 0 Å². The molecule has 0 aliphatic carbocycles. The van der Waals surface area contributed by atoms with Gasteiger partial charge in [0.05, 0.1) is 23.3 Å². The minimum absolute atomic E-state index is 0.126. The minimum Gasteiger partial charge on any atom is -0.503 e. The van der Waals surface area contributed by atoms with Crippen LogP contribution in [0.4, 0.5) is 0 Å². The number of nitrogens with zero attached hydrogens (tertiary/aromatic N) is 1. The Balaban J connectivity index is 1.78. The van der Waals surface area contributed by atoms with Gasteiger partial charge in [-0.25, -0.2) is 0 Å². The average Bonchev–Trinajstić information content (AvgIpc) is 3.39. The third-order valence-corrected chi connectivity index (χ3v) is 5.81. The molecular formula is C18H13NO4S2. The van der Waals surface area contributed by atoms with E-state index in [9.17, 15) is 14.7 Å². The number of carbonyl (C=O) groups is 2. The molecule has 1 aliphatic heterocycles. The first kappa shape index (κ1) is 15.9. The monoisotopic (exact) mass is 371 g/mol. The normalized spacial score (nSPS) is 17.5. The Morgan fingerprint density at radius 3 is 2.60 bits per heavy atom. The molecule has 1 atom stereocenters. The van der Waals surface area contributed by atoms with Crippen molar-refractivity contribution in [3.8, 4) is 0 Å². The number of amides is 1. The van der Waals surface area contributed by atoms with Crippen molar-refractivity contribution in [2.75, 3.05) is 0 Å². The van der Waals surface area contributed by atoms with Crippen molar-refractivity contribution in [2.45, 2.75) is 12.6 Å². The van der Waals surface area contributed by atoms with Crippen molar-refractivity contribution in [3.63, 3.8) is 0 Å². The molecule has 0 fully saturated rings. The Kier molecular flexibility index (Phi) is 4.03. The minimum atomic E-state index is -0.618. The summed E-state index contributed by atoms with van der Waals surface area (Å²) in [5.74, 6) is -0.771. The molecule has 0 bridgehead atoms. The topological polar surface area (TPSA) is 70.8 Å². The summed E-state index contributed by atoms with van der Waals surface area (Å²) in [6.45, 7) is 0.180. The first-order valence-electron chi connectivity index (χ1n) is 7.55. The van der Waals surface area contributed by atoms with Crippen LogP contribution in [-0.4, -0.2) is 21.7 Å². The zero-order valence-electron chi connectivity index (χ0n) is 12.9. The van der Waals surface area contributed by atoms with Crippen LogP contribution < -0.4 is 0 Å². The second kappa shape index (κ2) is 6.34. The van der Waals surface area contributed by atoms with Crippen molar-refractivity contribution in [3.05, 3.63) is 80.3 Å². The highest BCUT2D eigenvalue weighted by molar-refractivity contribution is 7.12. The molecule has 7 heteroatoms. The zero-order valence-corrected chi connectivity index (χ0v) is 14.5. The maximum Gasteiger partial charge on any atom is 0.290 e. The molecule has 3 aromatic heterocycles. The van der Waals surface area contributed by atoms with Crippen molar-refractivity contribution >= 4 is 34.4 Å². The summed E-state index contributed by atoms with van der Waals surface area (Å²) in [6, 6.07) is 10.1. The van der Waals surface area contributed by atoms with Gasteiger partial charge in [0.2, 0.25) is 5.78 Å². The van der Waals surface area contributed by atoms with Gasteiger partial charge in [-0.1, -0.05) is 12.1 Å². The largest absolute Gasteiger partial charge is 0.503 e. The molecule has 0 unspecified atom stereocenters. The van der Waals surface area contributed by atoms with E-state index in [1.165, 1.54) is 33.8 Å². The molecule has 3 aromatic rings. The zero-order chi connectivity index (χ0) is 17.4. The fourth-order valence-corrected chi connectivity index (χ4v) is 4.43. The van der Waals surface area contributed by atoms with E-state index in [4.69, 9.17) is 4.42 Å². The van der Waals surface area contributed by atoms with Crippen LogP contribution in [0.15, 0.2) is 69.2 Å². The van der Waals surface area contributed by atoms with Crippen molar-refractivity contribution in [1.29, 1.82) is 0 Å². The standard InChI is InChI=1S/C18H13NO4S2/c20-16(13-6-3-9-25-13)14-15(12-5-2-8-24-12)19(18(22)17(14)21)10-11-4-1-7-23-11/h1-9,15,21H,10H2/t15-/m1/s1. The van der Waals surface area contributed by atoms with Crippen molar-refractivity contribution in [1.82, 2.24) is 4.90 Å². The number of aliphatic hydroxyl groups excluding tert-OH is 1. The second-order valence-corrected chi connectivity index (χ2v) is 7.43. The van der Waals surface area contributed by atoms with Gasteiger partial charge in [-0.05, 0) is 35.0 Å². The molecule has 25 heavy (non-hydrogen) atoms. The number of furan rings is 1. The van der Waals surface area contributed by atoms with Gasteiger partial charge in [-0.2, -0.15) is 0 Å². The van der Waals surface area contributed by atoms with Gasteiger partial charge in [0, 0.05) is 4.88 Å². The third kappa shape index (κ3) is 2.71. The van der Waals surface area contributed by atoms with Crippen molar-refractivity contribution in [2.24, 2.45) is 0 Å². The SMILES string of the molecule is O=C(C1=C(O)C(=O)N(Cc2ccco2)[C@@H]1c1cccs1)c1cccs1. The van der Waals surface area contributed by atoms with E-state index in [2.05, 4.69) is 0 Å². The molecule has 0 spiro atoms. The fourth-order valence-electron chi connectivity index (χ4n) is 2.90. The predicted octanol–water partition coefficient (Wildman–Crippen LogP) is 4.18. The lowest BCUT2D eigenvalue weighted by atomic mass is 10.0. The van der Waals surface area contributed by atoms with E-state index in [0.717, 1.165) is 4.88 Å². The lowest BCUT2D eigenvalue weighted by Gasteiger charge is -2.24. The smallest absolute Gasteiger partial charge is 0.290 e. The maximum absolute atomic E-state index is 12.9. The highest BCUT2D eigenvalue weighted by Gasteiger charge is 2.44. The molecule has 0 saturated carbocycles. The summed E-state index contributed by atoms with van der Waals surface area (Å²) in [5.41, 5.74) is 0.126. The van der Waals surface area contributed by atoms with Crippen molar-refractivity contribution < 1.29 is 19.1 Å². The first-order valence-corrected chi connectivity index (χ1v) is 9.31. The fraction of sp³-hybridized carbons (Fsp3) is 0.111. The lowest BCUT2D eigenvalue weighted by molar-refractivity contribution is -0.130. The van der Waals surface area contributed by atoms with Gasteiger partial charge in [0.1, 0.15) is 11.8 Å². The average molecular weight is 371 g/mol. The molecule has 4 heterocycles. The summed E-state index contributed by atoms with van der Waals surface area (Å²) in [6.07, 6.45) is 1.53. The van der Waals surface area contributed by atoms with E-state index in [1.807, 2.05) is 17.5 Å². The van der Waals surface area contributed by atoms with Crippen LogP contribution >= 0.6 is 22.7 Å². The molecule has 4 rings (SSSR count). The molecule has 1 aliphatic rings. The lowest BCUT2D eigenvalue weighted by Crippen LogP contribution is -2.30. The molecule has 1 amide bonds. The first-order chi connectivity index (χ1) is 12.2. The molecule has 126 valence electrons. The Bertz CT molecular complexity index is 924. The predicted molar refractivity (Wildman–Crippen MR) is 94.6 cm³/mol. The molecular weight excluding hydrogens is 358 g/mol. The van der Waals surface area contributed by atoms with E-state index >= 15 is 0 Å². The molecule has 0 radical (unpaired) electrons. The molecule has 0 saturated heterocycles. The Hall–Kier alpha value is -2.64. The van der Waals surface area contributed by atoms with E-state index < -0.39 is 17.7 Å². The number of Topliss-reactive ketones (excluding diaryl/α,β-unsaturated/α-hetero) is 1. The summed E-state index contributed by atoms with van der Waals surface area (Å²) < 4.78 is 5.34. The van der Waals surface area contributed by atoms with Gasteiger partial charge in [0.25, 0.3) is 5.91 Å². The van der Waals surface area contributed by atoms with Gasteiger partial charge in [-0.15, -0.1) is 22.7 Å². The van der Waals surface area contributed by atoms with Gasteiger partial charge >= 0.3 is 0 Å². The van der Waals surface area contributed by atoms with Crippen LogP contribution in [0.3, 0.4) is 0 Å². The Labute approximate surface area is 151 Å². The van der Waals surface area contributed by atoms with Crippen LogP contribution in [0.5, 0.6) is 0 Å². The number of rotatable bonds is 5. The van der Waals surface area contributed by atoms with E-state index in [0.29, 0.717) is 10.6 Å². The quantitative estimate of drug-likeness (QED) is 0.683. The Morgan fingerprint density at radius 2 is 1.96 bits per heavy atom. The summed E-state index contributed by atoms with van der Waals surface area (Å²) >= 11 is 2.73. The highest BCUT2D eigenvalue weighted by Crippen LogP contribution is 2.41. The number of thiophene rings is 2. The summed E-state index contributed by atoms with van der Waals surface area (Å²) in [4.78, 5) is 28.4. The third-order valence-electron chi connectivity index (χ3n) is 4.01. The van der Waals surface area contributed by atoms with Gasteiger partial charge in [-0.3, -0.25) is 9.59 Å². The van der Waals surface area contributed by atoms with Gasteiger partial charge < -0.3 is 14.4 Å². The summed E-state index contributed by atoms with van der Waals surface area (Å²) in [7, 11) is 0. The highest BCUT2D eigenvalue weighted by atomic mass is 32.1. The second-order valence-electron chi connectivity index (χ2n) is 5.50. The number of ketones is 1. The number of aliphatic hydroxyl groups is 1. The summed E-state index contributed by atoms with van der Waals surface area (Å²) in [5, 5.41) is 14.1. The van der Waals surface area contributed by atoms with Crippen LogP contribution in [0.1, 0.15) is 26.4 Å². The molecule has 1 N–H and O–H groups in total. The van der Waals surface area contributed by atoms with Crippen LogP contribution in [-0.2, 0) is 11.3 Å². The number of hydrogen-bond donors (Lipinski definition) is 1.